The molecule has 3 rings (SSSR count). The molecule has 29 heavy (non-hydrogen) atoms. The molecule has 0 unspecified atom stereocenters. The number of hydrogen-bond donors (Lipinski definition) is 1. The van der Waals surface area contributed by atoms with Gasteiger partial charge in [-0.1, -0.05) is 79.7 Å². The third-order valence-electron chi connectivity index (χ3n) is 3.77. The molecule has 0 aliphatic heterocycles. The van der Waals surface area contributed by atoms with Crippen LogP contribution in [0.1, 0.15) is 25.0 Å². The van der Waals surface area contributed by atoms with E-state index in [1.165, 1.54) is 6.21 Å². The van der Waals surface area contributed by atoms with Crippen molar-refractivity contribution in [3.8, 4) is 16.9 Å². The van der Waals surface area contributed by atoms with E-state index in [1.54, 1.807) is 0 Å². The van der Waals surface area contributed by atoms with Crippen LogP contribution in [0, 0.1) is 0 Å². The summed E-state index contributed by atoms with van der Waals surface area (Å²) in [4.78, 5) is 15.1. The van der Waals surface area contributed by atoms with E-state index in [2.05, 4.69) is 9.99 Å². The van der Waals surface area contributed by atoms with E-state index in [9.17, 15) is 4.79 Å². The standard InChI is InChI=1S/C22H19NO4.C2H6/c24-22(25)16-27-23-14-18-8-4-9-19(12-18)20-10-5-11-21(13-20)26-15-17-6-2-1-3-7-17;1-2/h1-14H,15-16H2,(H,24,25);1-2H3/b23-14-;. The summed E-state index contributed by atoms with van der Waals surface area (Å²) < 4.78 is 5.88. The third kappa shape index (κ3) is 7.50. The lowest BCUT2D eigenvalue weighted by Crippen LogP contribution is -2.03. The fourth-order valence-electron chi connectivity index (χ4n) is 2.50. The van der Waals surface area contributed by atoms with Gasteiger partial charge in [-0.3, -0.25) is 0 Å². The Labute approximate surface area is 171 Å². The molecule has 0 aliphatic rings. The van der Waals surface area contributed by atoms with Gasteiger partial charge < -0.3 is 14.7 Å². The lowest BCUT2D eigenvalue weighted by atomic mass is 10.0. The predicted octanol–water partition coefficient (Wildman–Crippen LogP) is 5.39. The number of carboxylic acids is 1. The molecule has 3 aromatic carbocycles. The fourth-order valence-corrected chi connectivity index (χ4v) is 2.50. The van der Waals surface area contributed by atoms with Gasteiger partial charge in [0, 0.05) is 0 Å². The summed E-state index contributed by atoms with van der Waals surface area (Å²) in [5, 5.41) is 12.2. The van der Waals surface area contributed by atoms with E-state index < -0.39 is 12.6 Å². The number of carboxylic acid groups (broad SMARTS) is 1. The monoisotopic (exact) mass is 391 g/mol. The topological polar surface area (TPSA) is 68.1 Å². The van der Waals surface area contributed by atoms with Gasteiger partial charge in [0.25, 0.3) is 0 Å². The van der Waals surface area contributed by atoms with Crippen molar-refractivity contribution in [2.75, 3.05) is 6.61 Å². The van der Waals surface area contributed by atoms with Crippen molar-refractivity contribution in [2.24, 2.45) is 5.16 Å². The van der Waals surface area contributed by atoms with Crippen molar-refractivity contribution in [1.82, 2.24) is 0 Å². The zero-order valence-electron chi connectivity index (χ0n) is 16.6. The molecule has 150 valence electrons. The van der Waals surface area contributed by atoms with Gasteiger partial charge in [0.05, 0.1) is 6.21 Å². The highest BCUT2D eigenvalue weighted by Gasteiger charge is 2.02. The maximum atomic E-state index is 10.4. The lowest BCUT2D eigenvalue weighted by Gasteiger charge is -2.09. The quantitative estimate of drug-likeness (QED) is 0.413. The molecule has 0 saturated carbocycles. The van der Waals surface area contributed by atoms with Crippen LogP contribution in [0.2, 0.25) is 0 Å². The molecular formula is C24H25NO4. The minimum absolute atomic E-state index is 0.461. The van der Waals surface area contributed by atoms with Gasteiger partial charge in [-0.25, -0.2) is 4.79 Å². The smallest absolute Gasteiger partial charge is 0.344 e. The second-order valence-electron chi connectivity index (χ2n) is 5.83. The molecule has 0 heterocycles. The predicted molar refractivity (Wildman–Crippen MR) is 115 cm³/mol. The van der Waals surface area contributed by atoms with Crippen LogP contribution in [0.3, 0.4) is 0 Å². The second-order valence-corrected chi connectivity index (χ2v) is 5.83. The van der Waals surface area contributed by atoms with Crippen molar-refractivity contribution in [1.29, 1.82) is 0 Å². The van der Waals surface area contributed by atoms with Gasteiger partial charge in [-0.15, -0.1) is 0 Å². The zero-order chi connectivity index (χ0) is 20.9. The van der Waals surface area contributed by atoms with Crippen LogP contribution < -0.4 is 4.74 Å². The Hall–Kier alpha value is -3.60. The van der Waals surface area contributed by atoms with Crippen LogP contribution in [-0.2, 0) is 16.2 Å². The van der Waals surface area contributed by atoms with Crippen LogP contribution >= 0.6 is 0 Å². The molecule has 0 aliphatic carbocycles. The highest BCUT2D eigenvalue weighted by Crippen LogP contribution is 2.25. The first kappa shape index (κ1) is 21.7. The number of oxime groups is 1. The molecule has 0 fully saturated rings. The summed E-state index contributed by atoms with van der Waals surface area (Å²) in [6, 6.07) is 25.6. The SMILES string of the molecule is CC.O=C(O)CO/N=C\c1cccc(-c2cccc(OCc3ccccc3)c2)c1. The van der Waals surface area contributed by atoms with Crippen molar-refractivity contribution in [3.05, 3.63) is 90.0 Å². The van der Waals surface area contributed by atoms with E-state index in [1.807, 2.05) is 92.7 Å². The molecule has 0 atom stereocenters. The number of nitrogens with zero attached hydrogens (tertiary/aromatic N) is 1. The van der Waals surface area contributed by atoms with Crippen LogP contribution in [0.15, 0.2) is 84.0 Å². The summed E-state index contributed by atoms with van der Waals surface area (Å²) in [5.41, 5.74) is 3.94. The van der Waals surface area contributed by atoms with E-state index in [4.69, 9.17) is 9.84 Å². The summed E-state index contributed by atoms with van der Waals surface area (Å²) in [6.07, 6.45) is 1.49. The normalized spacial score (nSPS) is 10.1. The van der Waals surface area contributed by atoms with Gasteiger partial charge in [0.15, 0.2) is 0 Å². The molecule has 0 aromatic heterocycles. The van der Waals surface area contributed by atoms with Crippen LogP contribution in [0.25, 0.3) is 11.1 Å². The van der Waals surface area contributed by atoms with Gasteiger partial charge in [-0.05, 0) is 40.5 Å². The van der Waals surface area contributed by atoms with E-state index >= 15 is 0 Å². The Balaban J connectivity index is 0.00000145. The number of rotatable bonds is 8. The van der Waals surface area contributed by atoms with Crippen LogP contribution in [0.5, 0.6) is 5.75 Å². The van der Waals surface area contributed by atoms with Crippen molar-refractivity contribution in [2.45, 2.75) is 20.5 Å². The van der Waals surface area contributed by atoms with Gasteiger partial charge in [-0.2, -0.15) is 0 Å². The van der Waals surface area contributed by atoms with Gasteiger partial charge >= 0.3 is 5.97 Å². The molecular weight excluding hydrogens is 366 g/mol. The van der Waals surface area contributed by atoms with Gasteiger partial charge in [0.2, 0.25) is 6.61 Å². The number of ether oxygens (including phenoxy) is 1. The molecule has 5 nitrogen and oxygen atoms in total. The first-order valence-electron chi connectivity index (χ1n) is 9.45. The number of aliphatic carboxylic acids is 1. The molecule has 5 heteroatoms. The van der Waals surface area contributed by atoms with Crippen molar-refractivity contribution in [3.63, 3.8) is 0 Å². The minimum Gasteiger partial charge on any atom is -0.489 e. The average molecular weight is 391 g/mol. The lowest BCUT2D eigenvalue weighted by molar-refractivity contribution is -0.142. The maximum absolute atomic E-state index is 10.4. The Kier molecular flexibility index (Phi) is 8.96. The first-order valence-corrected chi connectivity index (χ1v) is 9.45. The highest BCUT2D eigenvalue weighted by atomic mass is 16.6. The van der Waals surface area contributed by atoms with Crippen molar-refractivity contribution >= 4 is 12.2 Å². The van der Waals surface area contributed by atoms with E-state index in [-0.39, 0.29) is 0 Å². The Morgan fingerprint density at radius 2 is 1.62 bits per heavy atom. The Morgan fingerprint density at radius 1 is 0.931 bits per heavy atom. The van der Waals surface area contributed by atoms with Crippen LogP contribution in [-0.4, -0.2) is 23.9 Å². The molecule has 0 bridgehead atoms. The summed E-state index contributed by atoms with van der Waals surface area (Å²) >= 11 is 0. The summed E-state index contributed by atoms with van der Waals surface area (Å²) in [7, 11) is 0. The Morgan fingerprint density at radius 3 is 2.34 bits per heavy atom. The van der Waals surface area contributed by atoms with E-state index in [0.29, 0.717) is 6.61 Å². The van der Waals surface area contributed by atoms with Gasteiger partial charge in [0.1, 0.15) is 12.4 Å². The second kappa shape index (κ2) is 12.0. The molecule has 0 radical (unpaired) electrons. The number of carbonyl (C=O) groups is 1. The molecule has 3 aromatic rings. The molecule has 0 saturated heterocycles. The first-order chi connectivity index (χ1) is 14.2. The largest absolute Gasteiger partial charge is 0.489 e. The maximum Gasteiger partial charge on any atom is 0.344 e. The Bertz CT molecular complexity index is 923. The fraction of sp³-hybridized carbons (Fsp3) is 0.167. The van der Waals surface area contributed by atoms with Crippen molar-refractivity contribution < 1.29 is 19.5 Å². The average Bonchev–Trinajstić information content (AvgIpc) is 2.78. The van der Waals surface area contributed by atoms with E-state index in [0.717, 1.165) is 28.0 Å². The zero-order valence-corrected chi connectivity index (χ0v) is 16.6. The highest BCUT2D eigenvalue weighted by molar-refractivity contribution is 5.82. The molecule has 1 N–H and O–H groups in total. The third-order valence-corrected chi connectivity index (χ3v) is 3.77. The molecule has 0 spiro atoms. The summed E-state index contributed by atoms with van der Waals surface area (Å²) in [6.45, 7) is 4.05. The molecule has 0 amide bonds. The number of benzene rings is 3. The van der Waals surface area contributed by atoms with Crippen LogP contribution in [0.4, 0.5) is 0 Å². The minimum atomic E-state index is -1.06. The summed E-state index contributed by atoms with van der Waals surface area (Å²) in [5.74, 6) is -0.270. The number of hydrogen-bond acceptors (Lipinski definition) is 4.